The van der Waals surface area contributed by atoms with Gasteiger partial charge in [0.05, 0.1) is 12.2 Å². The summed E-state index contributed by atoms with van der Waals surface area (Å²) in [5.74, 6) is 1.88. The number of rotatable bonds is 7. The van der Waals surface area contributed by atoms with E-state index in [1.807, 2.05) is 38.1 Å². The molecule has 0 aliphatic rings. The number of hydrogen-bond donors (Lipinski definition) is 0. The van der Waals surface area contributed by atoms with Gasteiger partial charge >= 0.3 is 0 Å². The Bertz CT molecular complexity index is 707. The van der Waals surface area contributed by atoms with E-state index in [0.29, 0.717) is 5.56 Å². The largest absolute Gasteiger partial charge is 0.494 e. The second kappa shape index (κ2) is 8.59. The first-order valence-corrected chi connectivity index (χ1v) is 8.79. The van der Waals surface area contributed by atoms with Crippen LogP contribution in [0.2, 0.25) is 0 Å². The smallest absolute Gasteiger partial charge is 0.119 e. The molecule has 2 aromatic rings. The van der Waals surface area contributed by atoms with Crippen molar-refractivity contribution in [3.8, 4) is 11.8 Å². The van der Waals surface area contributed by atoms with Crippen LogP contribution in [0.4, 0.5) is 0 Å². The van der Waals surface area contributed by atoms with E-state index in [2.05, 4.69) is 24.0 Å². The van der Waals surface area contributed by atoms with Gasteiger partial charge in [-0.05, 0) is 68.7 Å². The van der Waals surface area contributed by atoms with E-state index in [9.17, 15) is 5.26 Å². The first-order chi connectivity index (χ1) is 11.1. The zero-order chi connectivity index (χ0) is 16.7. The van der Waals surface area contributed by atoms with Gasteiger partial charge in [0, 0.05) is 5.69 Å². The maximum absolute atomic E-state index is 9.26. The van der Waals surface area contributed by atoms with E-state index in [1.54, 1.807) is 11.8 Å². The summed E-state index contributed by atoms with van der Waals surface area (Å²) in [6.45, 7) is 6.71. The van der Waals surface area contributed by atoms with Crippen LogP contribution in [-0.4, -0.2) is 17.3 Å². The standard InChI is InChI=1S/C19H22N2OS/c1-14-7-6-8-17(11-14)22-9-4-5-10-23-19-18(13-20)15(2)12-16(3)21-19/h6-8,11-12H,4-5,9-10H2,1-3H3. The van der Waals surface area contributed by atoms with Crippen molar-refractivity contribution in [1.29, 1.82) is 5.26 Å². The molecule has 2 rings (SSSR count). The van der Waals surface area contributed by atoms with E-state index >= 15 is 0 Å². The van der Waals surface area contributed by atoms with Crippen molar-refractivity contribution >= 4 is 11.8 Å². The third-order valence-corrected chi connectivity index (χ3v) is 4.52. The summed E-state index contributed by atoms with van der Waals surface area (Å²) in [7, 11) is 0. The molecule has 0 aliphatic carbocycles. The first-order valence-electron chi connectivity index (χ1n) is 7.81. The van der Waals surface area contributed by atoms with Crippen LogP contribution in [0.15, 0.2) is 35.4 Å². The van der Waals surface area contributed by atoms with E-state index in [4.69, 9.17) is 4.74 Å². The van der Waals surface area contributed by atoms with Gasteiger partial charge < -0.3 is 4.74 Å². The summed E-state index contributed by atoms with van der Waals surface area (Å²) in [5.41, 5.74) is 3.89. The quantitative estimate of drug-likeness (QED) is 0.540. The molecule has 23 heavy (non-hydrogen) atoms. The molecule has 0 amide bonds. The van der Waals surface area contributed by atoms with Crippen molar-refractivity contribution < 1.29 is 4.74 Å². The van der Waals surface area contributed by atoms with Crippen molar-refractivity contribution in [1.82, 2.24) is 4.98 Å². The molecule has 1 heterocycles. The van der Waals surface area contributed by atoms with Crippen LogP contribution < -0.4 is 4.74 Å². The lowest BCUT2D eigenvalue weighted by atomic mass is 10.1. The summed E-state index contributed by atoms with van der Waals surface area (Å²) in [6.07, 6.45) is 2.03. The second-order valence-electron chi connectivity index (χ2n) is 5.59. The SMILES string of the molecule is Cc1cccc(OCCCCSc2nc(C)cc(C)c2C#N)c1. The number of aromatic nitrogens is 1. The molecular weight excluding hydrogens is 304 g/mol. The third kappa shape index (κ3) is 5.30. The molecule has 0 spiro atoms. The lowest BCUT2D eigenvalue weighted by Gasteiger charge is -2.08. The molecule has 0 aliphatic heterocycles. The molecule has 0 saturated carbocycles. The number of ether oxygens (including phenoxy) is 1. The highest BCUT2D eigenvalue weighted by Gasteiger charge is 2.08. The number of benzene rings is 1. The lowest BCUT2D eigenvalue weighted by molar-refractivity contribution is 0.309. The molecule has 4 heteroatoms. The van der Waals surface area contributed by atoms with Crippen molar-refractivity contribution in [2.45, 2.75) is 38.6 Å². The summed E-state index contributed by atoms with van der Waals surface area (Å²) in [6, 6.07) is 12.3. The Morgan fingerprint density at radius 1 is 1.17 bits per heavy atom. The van der Waals surface area contributed by atoms with Gasteiger partial charge in [-0.25, -0.2) is 4.98 Å². The number of nitrogens with zero attached hydrogens (tertiary/aromatic N) is 2. The fourth-order valence-corrected chi connectivity index (χ4v) is 3.41. The highest BCUT2D eigenvalue weighted by atomic mass is 32.2. The number of thioether (sulfide) groups is 1. The highest BCUT2D eigenvalue weighted by molar-refractivity contribution is 7.99. The average Bonchev–Trinajstić information content (AvgIpc) is 2.50. The number of pyridine rings is 1. The van der Waals surface area contributed by atoms with Gasteiger partial charge in [-0.15, -0.1) is 11.8 Å². The van der Waals surface area contributed by atoms with Crippen molar-refractivity contribution in [3.63, 3.8) is 0 Å². The summed E-state index contributed by atoms with van der Waals surface area (Å²) >= 11 is 1.66. The Labute approximate surface area is 142 Å². The van der Waals surface area contributed by atoms with Crippen molar-refractivity contribution in [2.75, 3.05) is 12.4 Å². The van der Waals surface area contributed by atoms with E-state index in [1.165, 1.54) is 5.56 Å². The van der Waals surface area contributed by atoms with Crippen LogP contribution in [0.1, 0.15) is 35.2 Å². The Balaban J connectivity index is 1.75. The van der Waals surface area contributed by atoms with Crippen LogP contribution in [0, 0.1) is 32.1 Å². The molecule has 0 fully saturated rings. The summed E-state index contributed by atoms with van der Waals surface area (Å²) in [4.78, 5) is 4.49. The summed E-state index contributed by atoms with van der Waals surface area (Å²) in [5, 5.41) is 10.1. The van der Waals surface area contributed by atoms with Crippen LogP contribution in [-0.2, 0) is 0 Å². The molecule has 0 radical (unpaired) electrons. The zero-order valence-electron chi connectivity index (χ0n) is 13.9. The molecular formula is C19H22N2OS. The van der Waals surface area contributed by atoms with Gasteiger partial charge in [0.25, 0.3) is 0 Å². The van der Waals surface area contributed by atoms with E-state index in [0.717, 1.165) is 47.2 Å². The molecule has 1 aromatic heterocycles. The fourth-order valence-electron chi connectivity index (χ4n) is 2.31. The molecule has 0 N–H and O–H groups in total. The van der Waals surface area contributed by atoms with Crippen LogP contribution >= 0.6 is 11.8 Å². The molecule has 0 atom stereocenters. The predicted molar refractivity (Wildman–Crippen MR) is 95.1 cm³/mol. The van der Waals surface area contributed by atoms with Crippen molar-refractivity contribution in [2.24, 2.45) is 0 Å². The Hall–Kier alpha value is -1.99. The van der Waals surface area contributed by atoms with Gasteiger partial charge in [-0.2, -0.15) is 5.26 Å². The first kappa shape index (κ1) is 17.4. The Morgan fingerprint density at radius 3 is 2.74 bits per heavy atom. The van der Waals surface area contributed by atoms with Gasteiger partial charge in [0.1, 0.15) is 16.8 Å². The number of hydrogen-bond acceptors (Lipinski definition) is 4. The number of aryl methyl sites for hydroxylation is 3. The minimum Gasteiger partial charge on any atom is -0.494 e. The normalized spacial score (nSPS) is 10.3. The van der Waals surface area contributed by atoms with E-state index < -0.39 is 0 Å². The van der Waals surface area contributed by atoms with Gasteiger partial charge in [0.15, 0.2) is 0 Å². The van der Waals surface area contributed by atoms with Gasteiger partial charge in [-0.3, -0.25) is 0 Å². The van der Waals surface area contributed by atoms with Crippen LogP contribution in [0.25, 0.3) is 0 Å². The molecule has 0 saturated heterocycles. The predicted octanol–water partition coefficient (Wildman–Crippen LogP) is 4.83. The van der Waals surface area contributed by atoms with Gasteiger partial charge in [-0.1, -0.05) is 12.1 Å². The Morgan fingerprint density at radius 2 is 2.00 bits per heavy atom. The summed E-state index contributed by atoms with van der Waals surface area (Å²) < 4.78 is 5.75. The molecule has 0 unspecified atom stereocenters. The Kier molecular flexibility index (Phi) is 6.49. The van der Waals surface area contributed by atoms with Crippen LogP contribution in [0.5, 0.6) is 5.75 Å². The maximum Gasteiger partial charge on any atom is 0.119 e. The minimum absolute atomic E-state index is 0.705. The zero-order valence-corrected chi connectivity index (χ0v) is 14.7. The number of nitriles is 1. The van der Waals surface area contributed by atoms with Crippen LogP contribution in [0.3, 0.4) is 0 Å². The van der Waals surface area contributed by atoms with Gasteiger partial charge in [0.2, 0.25) is 0 Å². The molecule has 1 aromatic carbocycles. The average molecular weight is 326 g/mol. The van der Waals surface area contributed by atoms with Crippen molar-refractivity contribution in [3.05, 3.63) is 52.7 Å². The third-order valence-electron chi connectivity index (χ3n) is 3.46. The fraction of sp³-hybridized carbons (Fsp3) is 0.368. The highest BCUT2D eigenvalue weighted by Crippen LogP contribution is 2.24. The molecule has 3 nitrogen and oxygen atoms in total. The van der Waals surface area contributed by atoms with E-state index in [-0.39, 0.29) is 0 Å². The molecule has 0 bridgehead atoms. The lowest BCUT2D eigenvalue weighted by Crippen LogP contribution is -1.99. The minimum atomic E-state index is 0.705. The molecule has 120 valence electrons. The maximum atomic E-state index is 9.26. The topological polar surface area (TPSA) is 45.9 Å². The monoisotopic (exact) mass is 326 g/mol. The number of unbranched alkanes of at least 4 members (excludes halogenated alkanes) is 1. The second-order valence-corrected chi connectivity index (χ2v) is 6.68.